The number of ether oxygens (including phenoxy) is 3. The van der Waals surface area contributed by atoms with Gasteiger partial charge in [-0.15, -0.1) is 0 Å². The molecule has 0 aromatic rings. The molecule has 0 radical (unpaired) electrons. The van der Waals surface area contributed by atoms with Gasteiger partial charge in [0.2, 0.25) is 0 Å². The van der Waals surface area contributed by atoms with E-state index in [2.05, 4.69) is 27.7 Å². The third kappa shape index (κ3) is 42.0. The molecule has 0 aromatic heterocycles. The predicted octanol–water partition coefficient (Wildman–Crippen LogP) is 15.9. The smallest absolute Gasteiger partial charge is 0.306 e. The zero-order valence-corrected chi connectivity index (χ0v) is 38.1. The van der Waals surface area contributed by atoms with Crippen LogP contribution in [0.25, 0.3) is 0 Å². The van der Waals surface area contributed by atoms with Crippen LogP contribution in [0.2, 0.25) is 0 Å². The Kier molecular flexibility index (Phi) is 43.2. The molecule has 332 valence electrons. The molecule has 0 spiro atoms. The van der Waals surface area contributed by atoms with Crippen LogP contribution in [0.5, 0.6) is 0 Å². The van der Waals surface area contributed by atoms with Gasteiger partial charge < -0.3 is 14.2 Å². The summed E-state index contributed by atoms with van der Waals surface area (Å²) in [6.45, 7) is 9.00. The first-order valence-electron chi connectivity index (χ1n) is 24.9. The van der Waals surface area contributed by atoms with Gasteiger partial charge in [-0.3, -0.25) is 14.4 Å². The molecule has 0 heterocycles. The second-order valence-electron chi connectivity index (χ2n) is 17.3. The molecule has 0 amide bonds. The molecule has 0 saturated carbocycles. The predicted molar refractivity (Wildman–Crippen MR) is 238 cm³/mol. The topological polar surface area (TPSA) is 78.9 Å². The van der Waals surface area contributed by atoms with E-state index in [9.17, 15) is 14.4 Å². The standard InChI is InChI=1S/C50H96O6/c1-5-8-10-12-14-15-16-17-18-19-20-21-22-27-31-35-39-43-50(53)56-47(44-54-48(51)41-37-33-28-13-11-9-6-2)45-55-49(52)42-38-34-30-26-24-23-25-29-32-36-40-46(4)7-3/h46-47H,5-45H2,1-4H3/t46?,47-/m1/s1. The van der Waals surface area contributed by atoms with Crippen LogP contribution in [-0.4, -0.2) is 37.2 Å². The molecule has 0 rings (SSSR count). The summed E-state index contributed by atoms with van der Waals surface area (Å²) in [4.78, 5) is 37.7. The number of hydrogen-bond acceptors (Lipinski definition) is 6. The Morgan fingerprint density at radius 1 is 0.357 bits per heavy atom. The number of rotatable bonds is 45. The van der Waals surface area contributed by atoms with E-state index in [1.54, 1.807) is 0 Å². The minimum absolute atomic E-state index is 0.0638. The van der Waals surface area contributed by atoms with Crippen molar-refractivity contribution < 1.29 is 28.6 Å². The summed E-state index contributed by atoms with van der Waals surface area (Å²) in [5, 5.41) is 0. The molecule has 0 aliphatic rings. The molecule has 1 unspecified atom stereocenters. The molecule has 0 N–H and O–H groups in total. The van der Waals surface area contributed by atoms with Gasteiger partial charge in [0.25, 0.3) is 0 Å². The van der Waals surface area contributed by atoms with E-state index in [4.69, 9.17) is 14.2 Å². The van der Waals surface area contributed by atoms with Crippen LogP contribution in [0, 0.1) is 5.92 Å². The highest BCUT2D eigenvalue weighted by atomic mass is 16.6. The molecule has 0 aliphatic heterocycles. The second-order valence-corrected chi connectivity index (χ2v) is 17.3. The highest BCUT2D eigenvalue weighted by Gasteiger charge is 2.19. The molecule has 6 nitrogen and oxygen atoms in total. The van der Waals surface area contributed by atoms with Crippen LogP contribution in [0.1, 0.15) is 278 Å². The van der Waals surface area contributed by atoms with Gasteiger partial charge in [-0.05, 0) is 25.2 Å². The zero-order valence-electron chi connectivity index (χ0n) is 38.1. The maximum Gasteiger partial charge on any atom is 0.306 e. The fourth-order valence-corrected chi connectivity index (χ4v) is 7.48. The number of esters is 3. The number of carbonyl (C=O) groups excluding carboxylic acids is 3. The Labute approximate surface area is 348 Å². The van der Waals surface area contributed by atoms with Gasteiger partial charge in [0, 0.05) is 19.3 Å². The molecule has 0 saturated heterocycles. The van der Waals surface area contributed by atoms with Crippen molar-refractivity contribution in [2.24, 2.45) is 5.92 Å². The average molecular weight is 793 g/mol. The van der Waals surface area contributed by atoms with E-state index in [1.807, 2.05) is 0 Å². The van der Waals surface area contributed by atoms with Gasteiger partial charge in [0.1, 0.15) is 13.2 Å². The highest BCUT2D eigenvalue weighted by molar-refractivity contribution is 5.71. The molecule has 0 bridgehead atoms. The fourth-order valence-electron chi connectivity index (χ4n) is 7.48. The van der Waals surface area contributed by atoms with Crippen molar-refractivity contribution in [2.45, 2.75) is 284 Å². The van der Waals surface area contributed by atoms with Crippen molar-refractivity contribution >= 4 is 17.9 Å². The fraction of sp³-hybridized carbons (Fsp3) is 0.940. The van der Waals surface area contributed by atoms with Gasteiger partial charge in [0.15, 0.2) is 6.10 Å². The molecule has 6 heteroatoms. The van der Waals surface area contributed by atoms with Gasteiger partial charge in [-0.2, -0.15) is 0 Å². The molecule has 0 aromatic carbocycles. The van der Waals surface area contributed by atoms with E-state index < -0.39 is 6.10 Å². The van der Waals surface area contributed by atoms with Gasteiger partial charge >= 0.3 is 17.9 Å². The first kappa shape index (κ1) is 54.4. The summed E-state index contributed by atoms with van der Waals surface area (Å²) < 4.78 is 16.7. The average Bonchev–Trinajstić information content (AvgIpc) is 3.19. The second kappa shape index (κ2) is 44.5. The summed E-state index contributed by atoms with van der Waals surface area (Å²) in [5.41, 5.74) is 0. The van der Waals surface area contributed by atoms with Gasteiger partial charge in [-0.25, -0.2) is 0 Å². The van der Waals surface area contributed by atoms with Crippen molar-refractivity contribution in [3.8, 4) is 0 Å². The first-order chi connectivity index (χ1) is 27.4. The van der Waals surface area contributed by atoms with Crippen LogP contribution in [-0.2, 0) is 28.6 Å². The van der Waals surface area contributed by atoms with E-state index in [-0.39, 0.29) is 31.1 Å². The largest absolute Gasteiger partial charge is 0.462 e. The molecular weight excluding hydrogens is 697 g/mol. The highest BCUT2D eigenvalue weighted by Crippen LogP contribution is 2.17. The number of unbranched alkanes of at least 4 members (excludes halogenated alkanes) is 31. The quantitative estimate of drug-likeness (QED) is 0.0347. The summed E-state index contributed by atoms with van der Waals surface area (Å²) in [6, 6.07) is 0. The van der Waals surface area contributed by atoms with Crippen molar-refractivity contribution in [3.63, 3.8) is 0 Å². The molecule has 0 fully saturated rings. The molecular formula is C50H96O6. The summed E-state index contributed by atoms with van der Waals surface area (Å²) in [5.74, 6) is 0.0152. The van der Waals surface area contributed by atoms with Crippen LogP contribution in [0.15, 0.2) is 0 Å². The summed E-state index contributed by atoms with van der Waals surface area (Å²) >= 11 is 0. The third-order valence-electron chi connectivity index (χ3n) is 11.7. The Balaban J connectivity index is 4.22. The van der Waals surface area contributed by atoms with E-state index in [1.165, 1.54) is 173 Å². The van der Waals surface area contributed by atoms with E-state index >= 15 is 0 Å². The zero-order chi connectivity index (χ0) is 41.0. The van der Waals surface area contributed by atoms with Gasteiger partial charge in [-0.1, -0.05) is 240 Å². The lowest BCUT2D eigenvalue weighted by atomic mass is 9.99. The van der Waals surface area contributed by atoms with Crippen LogP contribution >= 0.6 is 0 Å². The molecule has 56 heavy (non-hydrogen) atoms. The maximum absolute atomic E-state index is 12.7. The van der Waals surface area contributed by atoms with Crippen LogP contribution in [0.3, 0.4) is 0 Å². The SMILES string of the molecule is CCCCCCCCCCCCCCCCCCCC(=O)O[C@H](COC(=O)CCCCCCCCC)COC(=O)CCCCCCCCCCCCC(C)CC. The minimum atomic E-state index is -0.759. The first-order valence-corrected chi connectivity index (χ1v) is 24.9. The number of hydrogen-bond donors (Lipinski definition) is 0. The van der Waals surface area contributed by atoms with Crippen molar-refractivity contribution in [1.29, 1.82) is 0 Å². The van der Waals surface area contributed by atoms with E-state index in [0.29, 0.717) is 19.3 Å². The Hall–Kier alpha value is -1.59. The van der Waals surface area contributed by atoms with Crippen molar-refractivity contribution in [1.82, 2.24) is 0 Å². The van der Waals surface area contributed by atoms with Crippen molar-refractivity contribution in [2.75, 3.05) is 13.2 Å². The lowest BCUT2D eigenvalue weighted by Gasteiger charge is -2.18. The maximum atomic E-state index is 12.7. The molecule has 2 atom stereocenters. The lowest BCUT2D eigenvalue weighted by molar-refractivity contribution is -0.167. The normalized spacial score (nSPS) is 12.4. The van der Waals surface area contributed by atoms with E-state index in [0.717, 1.165) is 63.7 Å². The van der Waals surface area contributed by atoms with Crippen LogP contribution in [0.4, 0.5) is 0 Å². The monoisotopic (exact) mass is 793 g/mol. The summed E-state index contributed by atoms with van der Waals surface area (Å²) in [7, 11) is 0. The van der Waals surface area contributed by atoms with Gasteiger partial charge in [0.05, 0.1) is 0 Å². The third-order valence-corrected chi connectivity index (χ3v) is 11.7. The Morgan fingerprint density at radius 3 is 0.929 bits per heavy atom. The number of carbonyl (C=O) groups is 3. The summed E-state index contributed by atoms with van der Waals surface area (Å²) in [6.07, 6.45) is 45.2. The Morgan fingerprint density at radius 2 is 0.625 bits per heavy atom. The minimum Gasteiger partial charge on any atom is -0.462 e. The van der Waals surface area contributed by atoms with Crippen LogP contribution < -0.4 is 0 Å². The Bertz CT molecular complexity index is 843. The molecule has 0 aliphatic carbocycles. The van der Waals surface area contributed by atoms with Crippen molar-refractivity contribution in [3.05, 3.63) is 0 Å². The lowest BCUT2D eigenvalue weighted by Crippen LogP contribution is -2.30.